The molecule has 0 bridgehead atoms. The summed E-state index contributed by atoms with van der Waals surface area (Å²) in [7, 11) is -3.91. The third-order valence-corrected chi connectivity index (χ3v) is 6.35. The van der Waals surface area contributed by atoms with Gasteiger partial charge >= 0.3 is 10.3 Å². The molecule has 1 fully saturated rings. The number of hydrogen-bond donors (Lipinski definition) is 0. The summed E-state index contributed by atoms with van der Waals surface area (Å²) in [6.07, 6.45) is 4.22. The van der Waals surface area contributed by atoms with Gasteiger partial charge in [0, 0.05) is 19.2 Å². The van der Waals surface area contributed by atoms with Gasteiger partial charge in [0.1, 0.15) is 17.6 Å². The van der Waals surface area contributed by atoms with Crippen LogP contribution in [0.3, 0.4) is 0 Å². The van der Waals surface area contributed by atoms with Crippen molar-refractivity contribution in [2.45, 2.75) is 26.2 Å². The molecule has 1 aliphatic carbocycles. The molecule has 4 rings (SSSR count). The van der Waals surface area contributed by atoms with Crippen LogP contribution in [0.2, 0.25) is 0 Å². The Morgan fingerprint density at radius 2 is 1.90 bits per heavy atom. The first-order valence-corrected chi connectivity index (χ1v) is 11.1. The standard InChI is InChI=1S/C22H23NO5S/c1-2-12-23(14-16-8-9-16)29(25,26)28-18-10-11-19-21(13-18)27-15-20(22(19)24)17-6-4-3-5-7-17/h3-7,10-11,13,15-16H,2,8-9,12,14H2,1H3. The van der Waals surface area contributed by atoms with Crippen molar-refractivity contribution in [3.8, 4) is 16.9 Å². The molecule has 6 nitrogen and oxygen atoms in total. The van der Waals surface area contributed by atoms with Crippen LogP contribution in [0.1, 0.15) is 26.2 Å². The fourth-order valence-electron chi connectivity index (χ4n) is 3.28. The molecule has 0 radical (unpaired) electrons. The Morgan fingerprint density at radius 1 is 1.14 bits per heavy atom. The first kappa shape index (κ1) is 19.7. The summed E-state index contributed by atoms with van der Waals surface area (Å²) in [6, 6.07) is 13.7. The van der Waals surface area contributed by atoms with E-state index in [0.29, 0.717) is 36.4 Å². The Labute approximate surface area is 170 Å². The van der Waals surface area contributed by atoms with E-state index in [4.69, 9.17) is 8.60 Å². The number of fused-ring (bicyclic) bond motifs is 1. The molecule has 0 amide bonds. The first-order chi connectivity index (χ1) is 14.0. The highest BCUT2D eigenvalue weighted by Gasteiger charge is 2.31. The smallest absolute Gasteiger partial charge is 0.385 e. The molecule has 2 aromatic carbocycles. The average Bonchev–Trinajstić information content (AvgIpc) is 3.52. The Morgan fingerprint density at radius 3 is 2.59 bits per heavy atom. The van der Waals surface area contributed by atoms with E-state index < -0.39 is 10.3 Å². The van der Waals surface area contributed by atoms with Gasteiger partial charge in [-0.05, 0) is 42.9 Å². The van der Waals surface area contributed by atoms with Crippen molar-refractivity contribution < 1.29 is 17.0 Å². The number of benzene rings is 2. The zero-order valence-electron chi connectivity index (χ0n) is 16.2. The molecule has 0 N–H and O–H groups in total. The predicted octanol–water partition coefficient (Wildman–Crippen LogP) is 4.21. The zero-order valence-corrected chi connectivity index (χ0v) is 17.0. The van der Waals surface area contributed by atoms with Gasteiger partial charge in [-0.25, -0.2) is 0 Å². The molecule has 1 aliphatic rings. The van der Waals surface area contributed by atoms with Crippen molar-refractivity contribution in [1.29, 1.82) is 0 Å². The lowest BCUT2D eigenvalue weighted by Crippen LogP contribution is -2.36. The molecule has 0 spiro atoms. The molecule has 152 valence electrons. The fraction of sp³-hybridized carbons (Fsp3) is 0.318. The van der Waals surface area contributed by atoms with E-state index in [1.54, 1.807) is 6.07 Å². The van der Waals surface area contributed by atoms with Gasteiger partial charge in [0.2, 0.25) is 0 Å². The Kier molecular flexibility index (Phi) is 5.43. The minimum atomic E-state index is -3.91. The predicted molar refractivity (Wildman–Crippen MR) is 112 cm³/mol. The van der Waals surface area contributed by atoms with Gasteiger partial charge in [0.05, 0.1) is 10.9 Å². The summed E-state index contributed by atoms with van der Waals surface area (Å²) in [5.74, 6) is 0.552. The van der Waals surface area contributed by atoms with Crippen LogP contribution < -0.4 is 9.61 Å². The fourth-order valence-corrected chi connectivity index (χ4v) is 4.54. The molecule has 0 unspecified atom stereocenters. The maximum absolute atomic E-state index is 12.8. The molecule has 3 aromatic rings. The lowest BCUT2D eigenvalue weighted by atomic mass is 10.1. The van der Waals surface area contributed by atoms with E-state index in [1.165, 1.54) is 22.7 Å². The minimum absolute atomic E-state index is 0.130. The second kappa shape index (κ2) is 8.00. The van der Waals surface area contributed by atoms with Gasteiger partial charge in [0.15, 0.2) is 5.43 Å². The maximum atomic E-state index is 12.8. The highest BCUT2D eigenvalue weighted by Crippen LogP contribution is 2.31. The second-order valence-corrected chi connectivity index (χ2v) is 8.88. The topological polar surface area (TPSA) is 76.8 Å². The summed E-state index contributed by atoms with van der Waals surface area (Å²) in [5, 5.41) is 0.375. The van der Waals surface area contributed by atoms with E-state index in [0.717, 1.165) is 18.4 Å². The van der Waals surface area contributed by atoms with Crippen LogP contribution in [-0.2, 0) is 10.3 Å². The van der Waals surface area contributed by atoms with Crippen molar-refractivity contribution in [3.63, 3.8) is 0 Å². The van der Waals surface area contributed by atoms with Gasteiger partial charge < -0.3 is 8.60 Å². The Hall–Kier alpha value is -2.64. The Bertz CT molecular complexity index is 1170. The van der Waals surface area contributed by atoms with Crippen LogP contribution in [0.15, 0.2) is 64.0 Å². The van der Waals surface area contributed by atoms with Crippen LogP contribution >= 0.6 is 0 Å². The summed E-state index contributed by atoms with van der Waals surface area (Å²) < 4.78 is 37.8. The number of hydrogen-bond acceptors (Lipinski definition) is 5. The van der Waals surface area contributed by atoms with Crippen LogP contribution in [0.4, 0.5) is 0 Å². The van der Waals surface area contributed by atoms with Gasteiger partial charge in [-0.3, -0.25) is 4.79 Å². The molecule has 29 heavy (non-hydrogen) atoms. The van der Waals surface area contributed by atoms with Crippen LogP contribution in [-0.4, -0.2) is 25.8 Å². The van der Waals surface area contributed by atoms with Gasteiger partial charge in [-0.1, -0.05) is 37.3 Å². The molecule has 7 heteroatoms. The summed E-state index contributed by atoms with van der Waals surface area (Å²) in [5.41, 5.74) is 1.33. The molecule has 1 aromatic heterocycles. The minimum Gasteiger partial charge on any atom is -0.463 e. The molecule has 1 saturated carbocycles. The Balaban J connectivity index is 1.63. The SMILES string of the molecule is CCCN(CC1CC1)S(=O)(=O)Oc1ccc2c(=O)c(-c3ccccc3)coc2c1. The highest BCUT2D eigenvalue weighted by molar-refractivity contribution is 7.84. The number of rotatable bonds is 8. The normalized spacial score (nSPS) is 14.4. The van der Waals surface area contributed by atoms with E-state index >= 15 is 0 Å². The second-order valence-electron chi connectivity index (χ2n) is 7.34. The molecule has 0 atom stereocenters. The largest absolute Gasteiger partial charge is 0.463 e. The van der Waals surface area contributed by atoms with Gasteiger partial charge in [-0.15, -0.1) is 0 Å². The summed E-state index contributed by atoms with van der Waals surface area (Å²) in [6.45, 7) is 2.84. The summed E-state index contributed by atoms with van der Waals surface area (Å²) in [4.78, 5) is 12.8. The van der Waals surface area contributed by atoms with Crippen molar-refractivity contribution in [1.82, 2.24) is 4.31 Å². The third kappa shape index (κ3) is 4.36. The van der Waals surface area contributed by atoms with E-state index in [2.05, 4.69) is 0 Å². The zero-order chi connectivity index (χ0) is 20.4. The maximum Gasteiger partial charge on any atom is 0.385 e. The van der Waals surface area contributed by atoms with Crippen molar-refractivity contribution in [2.24, 2.45) is 5.92 Å². The van der Waals surface area contributed by atoms with Gasteiger partial charge in [-0.2, -0.15) is 12.7 Å². The summed E-state index contributed by atoms with van der Waals surface area (Å²) >= 11 is 0. The van der Waals surface area contributed by atoms with Crippen molar-refractivity contribution in [2.75, 3.05) is 13.1 Å². The third-order valence-electron chi connectivity index (χ3n) is 4.98. The van der Waals surface area contributed by atoms with E-state index in [-0.39, 0.29) is 16.8 Å². The van der Waals surface area contributed by atoms with Gasteiger partial charge in [0.25, 0.3) is 0 Å². The van der Waals surface area contributed by atoms with Crippen molar-refractivity contribution in [3.05, 3.63) is 65.0 Å². The lowest BCUT2D eigenvalue weighted by Gasteiger charge is -2.21. The van der Waals surface area contributed by atoms with E-state index in [9.17, 15) is 13.2 Å². The average molecular weight is 413 g/mol. The highest BCUT2D eigenvalue weighted by atomic mass is 32.2. The van der Waals surface area contributed by atoms with Crippen LogP contribution in [0, 0.1) is 5.92 Å². The molecule has 0 saturated heterocycles. The van der Waals surface area contributed by atoms with Crippen LogP contribution in [0.5, 0.6) is 5.75 Å². The molecular weight excluding hydrogens is 390 g/mol. The number of nitrogens with zero attached hydrogens (tertiary/aromatic N) is 1. The van der Waals surface area contributed by atoms with E-state index in [1.807, 2.05) is 37.3 Å². The quantitative estimate of drug-likeness (QED) is 0.553. The molecule has 0 aliphatic heterocycles. The van der Waals surface area contributed by atoms with Crippen LogP contribution in [0.25, 0.3) is 22.1 Å². The first-order valence-electron chi connectivity index (χ1n) is 9.78. The lowest BCUT2D eigenvalue weighted by molar-refractivity contribution is 0.345. The monoisotopic (exact) mass is 413 g/mol. The molecule has 1 heterocycles. The van der Waals surface area contributed by atoms with Crippen molar-refractivity contribution >= 4 is 21.3 Å². The molecular formula is C22H23NO5S.